The molecular weight excluding hydrogens is 448 g/mol. The SMILES string of the molecule is CC(C)c1ccc(C(O)(c2cncc(C#CC(C)(O)c3ccn(C4CC4)n3)c2)C2(C)CN(C)C2)cc1. The zero-order valence-corrected chi connectivity index (χ0v) is 21.9. The van der Waals surface area contributed by atoms with Crippen molar-refractivity contribution in [2.24, 2.45) is 5.41 Å². The standard InChI is InChI=1S/C30H36N4O2/c1-21(2)23-6-8-24(9-7-23)30(36,28(3)19-33(5)20-28)25-16-22(17-31-18-25)12-14-29(4,35)27-13-15-34(32-27)26-10-11-26/h6-9,13,15-18,21,26,35-36H,10-11,19-20H2,1-5H3. The van der Waals surface area contributed by atoms with Crippen molar-refractivity contribution in [3.63, 3.8) is 0 Å². The van der Waals surface area contributed by atoms with Crippen molar-refractivity contribution in [3.05, 3.63) is 82.9 Å². The van der Waals surface area contributed by atoms with E-state index in [-0.39, 0.29) is 5.41 Å². The first-order chi connectivity index (χ1) is 17.0. The molecule has 1 aliphatic carbocycles. The summed E-state index contributed by atoms with van der Waals surface area (Å²) in [6.45, 7) is 9.66. The summed E-state index contributed by atoms with van der Waals surface area (Å²) in [5.74, 6) is 6.48. The Morgan fingerprint density at radius 3 is 2.36 bits per heavy atom. The van der Waals surface area contributed by atoms with Crippen molar-refractivity contribution in [1.82, 2.24) is 19.7 Å². The van der Waals surface area contributed by atoms with Crippen LogP contribution in [0.15, 0.2) is 55.0 Å². The second kappa shape index (κ2) is 8.85. The van der Waals surface area contributed by atoms with Crippen molar-refractivity contribution in [2.45, 2.75) is 63.7 Å². The Labute approximate surface area is 214 Å². The maximum absolute atomic E-state index is 12.4. The summed E-state index contributed by atoms with van der Waals surface area (Å²) in [4.78, 5) is 6.66. The lowest BCUT2D eigenvalue weighted by atomic mass is 9.62. The van der Waals surface area contributed by atoms with Crippen LogP contribution in [-0.2, 0) is 11.2 Å². The van der Waals surface area contributed by atoms with Gasteiger partial charge in [0.15, 0.2) is 5.60 Å². The van der Waals surface area contributed by atoms with E-state index in [1.807, 2.05) is 35.1 Å². The molecule has 1 saturated heterocycles. The van der Waals surface area contributed by atoms with Crippen molar-refractivity contribution in [2.75, 3.05) is 20.1 Å². The second-order valence-corrected chi connectivity index (χ2v) is 11.4. The zero-order valence-electron chi connectivity index (χ0n) is 21.9. The lowest BCUT2D eigenvalue weighted by molar-refractivity contribution is -0.127. The van der Waals surface area contributed by atoms with Crippen LogP contribution < -0.4 is 0 Å². The summed E-state index contributed by atoms with van der Waals surface area (Å²) in [6, 6.07) is 12.5. The molecule has 0 spiro atoms. The van der Waals surface area contributed by atoms with E-state index in [2.05, 4.69) is 66.8 Å². The number of likely N-dealkylation sites (tertiary alicyclic amines) is 1. The van der Waals surface area contributed by atoms with Crippen molar-refractivity contribution < 1.29 is 10.2 Å². The van der Waals surface area contributed by atoms with Crippen molar-refractivity contribution in [3.8, 4) is 11.8 Å². The largest absolute Gasteiger partial charge is 0.380 e. The first-order valence-corrected chi connectivity index (χ1v) is 12.8. The highest BCUT2D eigenvalue weighted by Gasteiger charge is 2.55. The molecule has 1 aromatic carbocycles. The number of aliphatic hydroxyl groups is 2. The topological polar surface area (TPSA) is 74.4 Å². The molecule has 2 atom stereocenters. The highest BCUT2D eigenvalue weighted by atomic mass is 16.3. The van der Waals surface area contributed by atoms with E-state index >= 15 is 0 Å². The molecule has 2 N–H and O–H groups in total. The van der Waals surface area contributed by atoms with Gasteiger partial charge in [0.1, 0.15) is 11.3 Å². The maximum atomic E-state index is 12.4. The predicted molar refractivity (Wildman–Crippen MR) is 140 cm³/mol. The van der Waals surface area contributed by atoms with Crippen molar-refractivity contribution in [1.29, 1.82) is 0 Å². The lowest BCUT2D eigenvalue weighted by Crippen LogP contribution is -2.63. The number of nitrogens with zero attached hydrogens (tertiary/aromatic N) is 4. The Bertz CT molecular complexity index is 1300. The third-order valence-corrected chi connectivity index (χ3v) is 7.74. The molecule has 1 saturated carbocycles. The molecule has 6 nitrogen and oxygen atoms in total. The van der Waals surface area contributed by atoms with Gasteiger partial charge in [-0.2, -0.15) is 5.10 Å². The third-order valence-electron chi connectivity index (χ3n) is 7.74. The molecule has 2 fully saturated rings. The summed E-state index contributed by atoms with van der Waals surface area (Å²) < 4.78 is 1.91. The summed E-state index contributed by atoms with van der Waals surface area (Å²) in [6.07, 6.45) is 7.58. The molecule has 0 bridgehead atoms. The van der Waals surface area contributed by atoms with E-state index in [0.29, 0.717) is 28.8 Å². The van der Waals surface area contributed by atoms with Crippen LogP contribution in [0.4, 0.5) is 0 Å². The fourth-order valence-electron chi connectivity index (χ4n) is 5.45. The molecule has 6 heteroatoms. The molecule has 36 heavy (non-hydrogen) atoms. The van der Waals surface area contributed by atoms with E-state index in [4.69, 9.17) is 0 Å². The van der Waals surface area contributed by atoms with Gasteiger partial charge in [0.05, 0.1) is 6.04 Å². The smallest absolute Gasteiger partial charge is 0.167 e. The normalized spacial score (nSPS) is 20.7. The Balaban J connectivity index is 1.50. The van der Waals surface area contributed by atoms with Crippen molar-refractivity contribution >= 4 is 0 Å². The number of pyridine rings is 1. The summed E-state index contributed by atoms with van der Waals surface area (Å²) in [5, 5.41) is 27.9. The van der Waals surface area contributed by atoms with Crippen LogP contribution in [0, 0.1) is 17.3 Å². The molecule has 2 aliphatic rings. The Morgan fingerprint density at radius 2 is 1.75 bits per heavy atom. The van der Waals surface area contributed by atoms with E-state index in [9.17, 15) is 10.2 Å². The number of hydrogen-bond donors (Lipinski definition) is 2. The van der Waals surface area contributed by atoms with Crippen LogP contribution >= 0.6 is 0 Å². The maximum Gasteiger partial charge on any atom is 0.167 e. The Hall–Kier alpha value is -2.98. The lowest BCUT2D eigenvalue weighted by Gasteiger charge is -2.55. The van der Waals surface area contributed by atoms with Crippen LogP contribution in [0.2, 0.25) is 0 Å². The van der Waals surface area contributed by atoms with Gasteiger partial charge < -0.3 is 15.1 Å². The minimum absolute atomic E-state index is 0.379. The van der Waals surface area contributed by atoms with Crippen LogP contribution in [0.25, 0.3) is 0 Å². The number of aromatic nitrogens is 3. The van der Waals surface area contributed by atoms with Gasteiger partial charge in [-0.15, -0.1) is 0 Å². The van der Waals surface area contributed by atoms with Gasteiger partial charge in [-0.1, -0.05) is 56.9 Å². The molecule has 2 unspecified atom stereocenters. The van der Waals surface area contributed by atoms with Gasteiger partial charge in [-0.25, -0.2) is 0 Å². The molecule has 3 heterocycles. The zero-order chi connectivity index (χ0) is 25.7. The third kappa shape index (κ3) is 4.37. The summed E-state index contributed by atoms with van der Waals surface area (Å²) in [5.41, 5.74) is 0.983. The average Bonchev–Trinajstić information content (AvgIpc) is 3.57. The fourth-order valence-corrected chi connectivity index (χ4v) is 5.45. The second-order valence-electron chi connectivity index (χ2n) is 11.4. The van der Waals surface area contributed by atoms with Crippen LogP contribution in [0.5, 0.6) is 0 Å². The quantitative estimate of drug-likeness (QED) is 0.514. The van der Waals surface area contributed by atoms with E-state index in [0.717, 1.165) is 31.5 Å². The molecular formula is C30H36N4O2. The molecule has 1 aliphatic heterocycles. The van der Waals surface area contributed by atoms with Gasteiger partial charge >= 0.3 is 0 Å². The molecule has 0 radical (unpaired) electrons. The first-order valence-electron chi connectivity index (χ1n) is 12.8. The highest BCUT2D eigenvalue weighted by Crippen LogP contribution is 2.50. The van der Waals surface area contributed by atoms with Gasteiger partial charge in [-0.05, 0) is 56.0 Å². The van der Waals surface area contributed by atoms with E-state index < -0.39 is 11.2 Å². The average molecular weight is 485 g/mol. The van der Waals surface area contributed by atoms with Gasteiger partial charge in [0, 0.05) is 48.2 Å². The first kappa shape index (κ1) is 24.7. The van der Waals surface area contributed by atoms with Gasteiger partial charge in [0.25, 0.3) is 0 Å². The van der Waals surface area contributed by atoms with E-state index in [1.54, 1.807) is 19.3 Å². The monoisotopic (exact) mass is 484 g/mol. The number of hydrogen-bond acceptors (Lipinski definition) is 5. The number of rotatable bonds is 6. The molecule has 188 valence electrons. The number of benzene rings is 1. The van der Waals surface area contributed by atoms with Crippen LogP contribution in [0.3, 0.4) is 0 Å². The molecule has 2 aromatic heterocycles. The van der Waals surface area contributed by atoms with Gasteiger partial charge in [-0.3, -0.25) is 9.67 Å². The minimum atomic E-state index is -1.39. The summed E-state index contributed by atoms with van der Waals surface area (Å²) >= 11 is 0. The predicted octanol–water partition coefficient (Wildman–Crippen LogP) is 4.18. The molecule has 5 rings (SSSR count). The van der Waals surface area contributed by atoms with Crippen LogP contribution in [-0.4, -0.2) is 50.0 Å². The Kier molecular flexibility index (Phi) is 6.07. The minimum Gasteiger partial charge on any atom is -0.380 e. The van der Waals surface area contributed by atoms with Crippen LogP contribution in [0.1, 0.15) is 80.4 Å². The van der Waals surface area contributed by atoms with Gasteiger partial charge in [0.2, 0.25) is 0 Å². The van der Waals surface area contributed by atoms with E-state index in [1.165, 1.54) is 5.56 Å². The fraction of sp³-hybridized carbons (Fsp3) is 0.467. The summed E-state index contributed by atoms with van der Waals surface area (Å²) in [7, 11) is 2.07. The molecule has 0 amide bonds. The Morgan fingerprint density at radius 1 is 1.06 bits per heavy atom. The molecule has 3 aromatic rings. The highest BCUT2D eigenvalue weighted by molar-refractivity contribution is 5.45.